The molecule has 4 rings (SSSR count). The fourth-order valence-corrected chi connectivity index (χ4v) is 4.75. The molecule has 0 unspecified atom stereocenters. The first-order chi connectivity index (χ1) is 10.7. The van der Waals surface area contributed by atoms with Gasteiger partial charge in [-0.2, -0.15) is 0 Å². The summed E-state index contributed by atoms with van der Waals surface area (Å²) < 4.78 is 13.4. The molecule has 0 aliphatic carbocycles. The summed E-state index contributed by atoms with van der Waals surface area (Å²) in [6.45, 7) is 0. The third-order valence-electron chi connectivity index (χ3n) is 3.87. The van der Waals surface area contributed by atoms with E-state index in [9.17, 15) is 4.21 Å². The first kappa shape index (κ1) is 13.7. The Kier molecular flexibility index (Phi) is 3.32. The maximum absolute atomic E-state index is 12.1. The lowest BCUT2D eigenvalue weighted by atomic mass is 10.0. The van der Waals surface area contributed by atoms with Gasteiger partial charge in [-0.25, -0.2) is 0 Å². The van der Waals surface area contributed by atoms with Crippen LogP contribution in [0, 0.1) is 0 Å². The average Bonchev–Trinajstić information content (AvgIpc) is 2.97. The van der Waals surface area contributed by atoms with Crippen LogP contribution in [0.3, 0.4) is 0 Å². The molecule has 3 heteroatoms. The molecule has 0 fully saturated rings. The summed E-state index contributed by atoms with van der Waals surface area (Å²) in [7, 11) is -1.00. The number of fused-ring (bicyclic) bond motifs is 2. The molecule has 108 valence electrons. The summed E-state index contributed by atoms with van der Waals surface area (Å²) in [5.74, 6) is 0. The van der Waals surface area contributed by atoms with Gasteiger partial charge in [-0.1, -0.05) is 48.5 Å². The Morgan fingerprint density at radius 1 is 0.864 bits per heavy atom. The van der Waals surface area contributed by atoms with Crippen LogP contribution in [0.5, 0.6) is 0 Å². The van der Waals surface area contributed by atoms with Crippen LogP contribution in [0.2, 0.25) is 0 Å². The lowest BCUT2D eigenvalue weighted by molar-refractivity contribution is 0.687. The molecule has 22 heavy (non-hydrogen) atoms. The van der Waals surface area contributed by atoms with Crippen LogP contribution < -0.4 is 0 Å². The number of benzene rings is 3. The Labute approximate surface area is 135 Å². The molecule has 1 nitrogen and oxygen atoms in total. The Bertz CT molecular complexity index is 976. The third-order valence-corrected chi connectivity index (χ3v) is 5.98. The van der Waals surface area contributed by atoms with E-state index < -0.39 is 10.8 Å². The van der Waals surface area contributed by atoms with Gasteiger partial charge in [0.2, 0.25) is 0 Å². The van der Waals surface area contributed by atoms with Gasteiger partial charge in [0.15, 0.2) is 0 Å². The molecule has 0 aliphatic rings. The lowest BCUT2D eigenvalue weighted by Gasteiger charge is -2.08. The highest BCUT2D eigenvalue weighted by atomic mass is 32.2. The van der Waals surface area contributed by atoms with Crippen LogP contribution in [-0.4, -0.2) is 10.5 Å². The van der Waals surface area contributed by atoms with Gasteiger partial charge >= 0.3 is 0 Å². The van der Waals surface area contributed by atoms with E-state index in [1.54, 1.807) is 17.6 Å². The van der Waals surface area contributed by atoms with Crippen LogP contribution in [0.1, 0.15) is 0 Å². The zero-order chi connectivity index (χ0) is 15.1. The van der Waals surface area contributed by atoms with E-state index in [0.29, 0.717) is 0 Å². The van der Waals surface area contributed by atoms with Crippen LogP contribution in [0.15, 0.2) is 71.6 Å². The average molecular weight is 322 g/mol. The Balaban J connectivity index is 2.08. The zero-order valence-corrected chi connectivity index (χ0v) is 13.7. The quantitative estimate of drug-likeness (QED) is 0.479. The van der Waals surface area contributed by atoms with Crippen molar-refractivity contribution in [2.45, 2.75) is 4.90 Å². The van der Waals surface area contributed by atoms with Crippen molar-refractivity contribution in [2.24, 2.45) is 0 Å². The molecule has 0 N–H and O–H groups in total. The fraction of sp³-hybridized carbons (Fsp3) is 0.0526. The van der Waals surface area contributed by atoms with E-state index in [4.69, 9.17) is 0 Å². The van der Waals surface area contributed by atoms with E-state index in [1.807, 2.05) is 12.1 Å². The van der Waals surface area contributed by atoms with Crippen molar-refractivity contribution in [3.63, 3.8) is 0 Å². The van der Waals surface area contributed by atoms with Gasteiger partial charge in [-0.3, -0.25) is 4.21 Å². The summed E-state index contributed by atoms with van der Waals surface area (Å²) in [6.07, 6.45) is 1.75. The van der Waals surface area contributed by atoms with Gasteiger partial charge in [0, 0.05) is 31.7 Å². The second kappa shape index (κ2) is 5.34. The largest absolute Gasteiger partial charge is 0.255 e. The first-order valence-corrected chi connectivity index (χ1v) is 9.45. The van der Waals surface area contributed by atoms with E-state index in [2.05, 4.69) is 54.6 Å². The van der Waals surface area contributed by atoms with Crippen LogP contribution in [0.4, 0.5) is 0 Å². The highest BCUT2D eigenvalue weighted by Gasteiger charge is 2.12. The number of hydrogen-bond acceptors (Lipinski definition) is 2. The SMILES string of the molecule is C[S@](=O)c1cccc2cccc(-c3cc4ccccc4s3)c12. The predicted molar refractivity (Wildman–Crippen MR) is 97.1 cm³/mol. The molecular formula is C19H14OS2. The Morgan fingerprint density at radius 2 is 1.59 bits per heavy atom. The van der Waals surface area contributed by atoms with Gasteiger partial charge in [-0.05, 0) is 29.0 Å². The summed E-state index contributed by atoms with van der Waals surface area (Å²) in [6, 6.07) is 23.0. The van der Waals surface area contributed by atoms with Gasteiger partial charge in [0.1, 0.15) is 0 Å². The minimum absolute atomic E-state index is 0.908. The highest BCUT2D eigenvalue weighted by Crippen LogP contribution is 2.38. The minimum Gasteiger partial charge on any atom is -0.255 e. The van der Waals surface area contributed by atoms with Gasteiger partial charge in [-0.15, -0.1) is 11.3 Å². The predicted octanol–water partition coefficient (Wildman–Crippen LogP) is 5.46. The zero-order valence-electron chi connectivity index (χ0n) is 12.1. The van der Waals surface area contributed by atoms with Crippen molar-refractivity contribution < 1.29 is 4.21 Å². The molecule has 1 atom stereocenters. The second-order valence-corrected chi connectivity index (χ2v) is 7.69. The molecule has 1 heterocycles. The number of hydrogen-bond donors (Lipinski definition) is 0. The normalized spacial score (nSPS) is 12.8. The van der Waals surface area contributed by atoms with Crippen molar-refractivity contribution in [3.8, 4) is 10.4 Å². The van der Waals surface area contributed by atoms with Crippen molar-refractivity contribution in [1.82, 2.24) is 0 Å². The van der Waals surface area contributed by atoms with E-state index in [0.717, 1.165) is 15.7 Å². The van der Waals surface area contributed by atoms with Crippen LogP contribution in [0.25, 0.3) is 31.3 Å². The Morgan fingerprint density at radius 3 is 2.36 bits per heavy atom. The van der Waals surface area contributed by atoms with Crippen LogP contribution >= 0.6 is 11.3 Å². The van der Waals surface area contributed by atoms with E-state index >= 15 is 0 Å². The molecule has 0 amide bonds. The van der Waals surface area contributed by atoms with Gasteiger partial charge < -0.3 is 0 Å². The molecule has 4 aromatic rings. The molecule has 0 spiro atoms. The molecule has 0 aliphatic heterocycles. The summed E-state index contributed by atoms with van der Waals surface area (Å²) in [5.41, 5.74) is 1.17. The standard InChI is InChI=1S/C19H14OS2/c1-22(20)18-11-5-8-13-7-4-9-15(19(13)18)17-12-14-6-2-3-10-16(14)21-17/h2-12H,1H3/t22-/m0/s1. The molecule has 1 aromatic heterocycles. The monoisotopic (exact) mass is 322 g/mol. The smallest absolute Gasteiger partial charge is 0.0504 e. The van der Waals surface area contributed by atoms with E-state index in [1.165, 1.54) is 20.5 Å². The first-order valence-electron chi connectivity index (χ1n) is 7.08. The van der Waals surface area contributed by atoms with Crippen molar-refractivity contribution >= 4 is 43.0 Å². The summed E-state index contributed by atoms with van der Waals surface area (Å²) in [5, 5.41) is 3.51. The third kappa shape index (κ3) is 2.18. The van der Waals surface area contributed by atoms with Gasteiger partial charge in [0.25, 0.3) is 0 Å². The highest BCUT2D eigenvalue weighted by molar-refractivity contribution is 7.84. The fourth-order valence-electron chi connectivity index (χ4n) is 2.87. The van der Waals surface area contributed by atoms with Crippen molar-refractivity contribution in [2.75, 3.05) is 6.26 Å². The number of rotatable bonds is 2. The van der Waals surface area contributed by atoms with Crippen LogP contribution in [-0.2, 0) is 10.8 Å². The minimum atomic E-state index is -1.00. The lowest BCUT2D eigenvalue weighted by Crippen LogP contribution is -1.91. The molecule has 0 radical (unpaired) electrons. The maximum Gasteiger partial charge on any atom is 0.0504 e. The second-order valence-electron chi connectivity index (χ2n) is 5.26. The Hall–Kier alpha value is -1.97. The van der Waals surface area contributed by atoms with Gasteiger partial charge in [0.05, 0.1) is 10.8 Å². The molecule has 0 bridgehead atoms. The summed E-state index contributed by atoms with van der Waals surface area (Å²) in [4.78, 5) is 2.13. The maximum atomic E-state index is 12.1. The van der Waals surface area contributed by atoms with Crippen molar-refractivity contribution in [3.05, 3.63) is 66.7 Å². The topological polar surface area (TPSA) is 17.1 Å². The number of thiophene rings is 1. The molecule has 0 saturated carbocycles. The van der Waals surface area contributed by atoms with E-state index in [-0.39, 0.29) is 0 Å². The van der Waals surface area contributed by atoms with Crippen molar-refractivity contribution in [1.29, 1.82) is 0 Å². The summed E-state index contributed by atoms with van der Waals surface area (Å²) >= 11 is 1.79. The molecular weight excluding hydrogens is 308 g/mol. The molecule has 3 aromatic carbocycles. The molecule has 0 saturated heterocycles.